The summed E-state index contributed by atoms with van der Waals surface area (Å²) in [5.41, 5.74) is -1.05. The maximum Gasteiger partial charge on any atom is 0.337 e. The Kier molecular flexibility index (Phi) is 3.16. The quantitative estimate of drug-likeness (QED) is 0.858. The molecule has 0 bridgehead atoms. The Morgan fingerprint density at radius 1 is 1.45 bits per heavy atom. The van der Waals surface area contributed by atoms with Gasteiger partial charge in [0.05, 0.1) is 0 Å². The van der Waals surface area contributed by atoms with Crippen LogP contribution in [-0.4, -0.2) is 9.55 Å². The van der Waals surface area contributed by atoms with E-state index in [1.165, 1.54) is 10.6 Å². The Hall–Kier alpha value is -1.63. The smallest absolute Gasteiger partial charge is 0.337 e. The minimum atomic E-state index is -0.589. The molecule has 2 aromatic rings. The van der Waals surface area contributed by atoms with Gasteiger partial charge in [0.2, 0.25) is 5.71 Å². The van der Waals surface area contributed by atoms with Crippen molar-refractivity contribution in [2.24, 2.45) is 5.92 Å². The number of fused-ring (bicyclic) bond motifs is 1. The van der Waals surface area contributed by atoms with Crippen molar-refractivity contribution < 1.29 is 4.42 Å². The third kappa shape index (κ3) is 2.26. The molecule has 7 heteroatoms. The van der Waals surface area contributed by atoms with E-state index in [1.54, 1.807) is 0 Å². The minimum absolute atomic E-state index is 0.0548. The largest absolute Gasteiger partial charge is 0.405 e. The third-order valence-corrected chi connectivity index (χ3v) is 3.98. The summed E-state index contributed by atoms with van der Waals surface area (Å²) < 4.78 is 6.14. The number of halogens is 1. The predicted molar refractivity (Wildman–Crippen MR) is 77.4 cm³/mol. The zero-order valence-electron chi connectivity index (χ0n) is 10.8. The number of hydrogen-bond acceptors (Lipinski definition) is 4. The molecule has 2 heterocycles. The fourth-order valence-corrected chi connectivity index (χ4v) is 2.61. The number of H-pyrrole nitrogens is 1. The summed E-state index contributed by atoms with van der Waals surface area (Å²) in [5, 5.41) is 0.259. The molecule has 0 radical (unpaired) electrons. The lowest BCUT2D eigenvalue weighted by Crippen LogP contribution is -2.36. The second-order valence-electron chi connectivity index (χ2n) is 5.13. The Morgan fingerprint density at radius 2 is 2.15 bits per heavy atom. The number of nitrogens with one attached hydrogen (secondary N) is 1. The van der Waals surface area contributed by atoms with Gasteiger partial charge in [-0.3, -0.25) is 14.3 Å². The van der Waals surface area contributed by atoms with Gasteiger partial charge in [0, 0.05) is 17.4 Å². The number of aromatic amines is 1. The van der Waals surface area contributed by atoms with Gasteiger partial charge < -0.3 is 4.42 Å². The van der Waals surface area contributed by atoms with Crippen molar-refractivity contribution in [3.63, 3.8) is 0 Å². The van der Waals surface area contributed by atoms with Gasteiger partial charge in [-0.25, -0.2) is 9.59 Å². The van der Waals surface area contributed by atoms with Crippen LogP contribution in [0.25, 0.3) is 11.1 Å². The number of rotatable bonds is 3. The Balaban J connectivity index is 2.37. The molecule has 1 aliphatic rings. The van der Waals surface area contributed by atoms with Crippen molar-refractivity contribution in [3.05, 3.63) is 42.9 Å². The summed E-state index contributed by atoms with van der Waals surface area (Å²) in [4.78, 5) is 38.2. The summed E-state index contributed by atoms with van der Waals surface area (Å²) in [6.45, 7) is 2.23. The zero-order valence-corrected chi connectivity index (χ0v) is 12.4. The summed E-state index contributed by atoms with van der Waals surface area (Å²) in [7, 11) is 0. The molecule has 0 amide bonds. The highest BCUT2D eigenvalue weighted by Crippen LogP contribution is 2.30. The van der Waals surface area contributed by atoms with E-state index in [4.69, 9.17) is 4.42 Å². The molecule has 0 spiro atoms. The average molecular weight is 341 g/mol. The maximum atomic E-state index is 12.5. The van der Waals surface area contributed by atoms with E-state index in [1.807, 2.05) is 6.92 Å². The Labute approximate surface area is 121 Å². The zero-order chi connectivity index (χ0) is 14.4. The lowest BCUT2D eigenvalue weighted by molar-refractivity contribution is 0.528. The van der Waals surface area contributed by atoms with Crippen LogP contribution in [0.5, 0.6) is 0 Å². The third-order valence-electron chi connectivity index (χ3n) is 3.48. The fourth-order valence-electron chi connectivity index (χ4n) is 2.25. The lowest BCUT2D eigenvalue weighted by Gasteiger charge is -2.09. The molecule has 3 rings (SSSR count). The Morgan fingerprint density at radius 3 is 2.75 bits per heavy atom. The first kappa shape index (κ1) is 13.4. The molecule has 106 valence electrons. The van der Waals surface area contributed by atoms with Crippen molar-refractivity contribution in [2.75, 3.05) is 0 Å². The summed E-state index contributed by atoms with van der Waals surface area (Å²) >= 11 is 3.36. The van der Waals surface area contributed by atoms with E-state index < -0.39 is 16.9 Å². The van der Waals surface area contributed by atoms with Crippen LogP contribution < -0.4 is 16.9 Å². The van der Waals surface area contributed by atoms with Crippen LogP contribution in [0.1, 0.15) is 30.2 Å². The van der Waals surface area contributed by atoms with Crippen molar-refractivity contribution in [1.29, 1.82) is 0 Å². The summed E-state index contributed by atoms with van der Waals surface area (Å²) in [6.07, 6.45) is 2.07. The van der Waals surface area contributed by atoms with Crippen LogP contribution in [0.4, 0.5) is 0 Å². The van der Waals surface area contributed by atoms with E-state index in [9.17, 15) is 14.4 Å². The van der Waals surface area contributed by atoms with Gasteiger partial charge in [-0.15, -0.1) is 0 Å². The molecule has 1 aliphatic carbocycles. The predicted octanol–water partition coefficient (Wildman–Crippen LogP) is 1.51. The topological polar surface area (TPSA) is 85.1 Å². The van der Waals surface area contributed by atoms with Crippen LogP contribution >= 0.6 is 15.9 Å². The minimum Gasteiger partial charge on any atom is -0.405 e. The van der Waals surface area contributed by atoms with Crippen LogP contribution in [0.2, 0.25) is 0 Å². The molecule has 6 nitrogen and oxygen atoms in total. The van der Waals surface area contributed by atoms with Crippen molar-refractivity contribution in [3.8, 4) is 0 Å². The fraction of sp³-hybridized carbons (Fsp3) is 0.462. The van der Waals surface area contributed by atoms with Crippen molar-refractivity contribution in [2.45, 2.75) is 31.1 Å². The van der Waals surface area contributed by atoms with Gasteiger partial charge in [0.15, 0.2) is 0 Å². The molecule has 1 saturated carbocycles. The molecule has 1 N–H and O–H groups in total. The van der Waals surface area contributed by atoms with Gasteiger partial charge in [-0.1, -0.05) is 15.9 Å². The normalized spacial score (nSPS) is 16.5. The SMILES string of the molecule is C[C@@H](Br)c1cc(=O)oc2[nH]c(=O)n(CC3CC3)c(=O)c12. The van der Waals surface area contributed by atoms with Gasteiger partial charge in [0.1, 0.15) is 5.39 Å². The summed E-state index contributed by atoms with van der Waals surface area (Å²) in [6, 6.07) is 1.28. The lowest BCUT2D eigenvalue weighted by atomic mass is 10.1. The number of hydrogen-bond donors (Lipinski definition) is 1. The van der Waals surface area contributed by atoms with Crippen LogP contribution in [0.15, 0.2) is 24.9 Å². The van der Waals surface area contributed by atoms with E-state index in [-0.39, 0.29) is 15.9 Å². The molecular weight excluding hydrogens is 328 g/mol. The second kappa shape index (κ2) is 4.73. The van der Waals surface area contributed by atoms with Gasteiger partial charge in [-0.2, -0.15) is 0 Å². The molecule has 20 heavy (non-hydrogen) atoms. The van der Waals surface area contributed by atoms with E-state index in [2.05, 4.69) is 20.9 Å². The molecule has 0 aliphatic heterocycles. The van der Waals surface area contributed by atoms with Crippen LogP contribution in [-0.2, 0) is 6.54 Å². The number of aromatic nitrogens is 2. The highest BCUT2D eigenvalue weighted by atomic mass is 79.9. The molecule has 1 fully saturated rings. The van der Waals surface area contributed by atoms with Crippen LogP contribution in [0, 0.1) is 5.92 Å². The maximum absolute atomic E-state index is 12.5. The first-order valence-electron chi connectivity index (χ1n) is 6.42. The first-order chi connectivity index (χ1) is 9.47. The first-order valence-corrected chi connectivity index (χ1v) is 7.34. The molecule has 0 aromatic carbocycles. The number of alkyl halides is 1. The highest BCUT2D eigenvalue weighted by Gasteiger charge is 2.25. The van der Waals surface area contributed by atoms with Crippen LogP contribution in [0.3, 0.4) is 0 Å². The average Bonchev–Trinajstić information content (AvgIpc) is 3.16. The van der Waals surface area contributed by atoms with E-state index in [0.29, 0.717) is 18.0 Å². The Bertz CT molecular complexity index is 842. The molecule has 0 saturated heterocycles. The number of nitrogens with zero attached hydrogens (tertiary/aromatic N) is 1. The second-order valence-corrected chi connectivity index (χ2v) is 6.50. The monoisotopic (exact) mass is 340 g/mol. The molecule has 2 aromatic heterocycles. The van der Waals surface area contributed by atoms with Gasteiger partial charge in [0.25, 0.3) is 5.56 Å². The van der Waals surface area contributed by atoms with Crippen molar-refractivity contribution >= 4 is 27.0 Å². The molecule has 0 unspecified atom stereocenters. The highest BCUT2D eigenvalue weighted by molar-refractivity contribution is 9.09. The van der Waals surface area contributed by atoms with E-state index in [0.717, 1.165) is 12.8 Å². The van der Waals surface area contributed by atoms with E-state index >= 15 is 0 Å². The van der Waals surface area contributed by atoms with Gasteiger partial charge in [-0.05, 0) is 31.2 Å². The molecule has 1 atom stereocenters. The van der Waals surface area contributed by atoms with Crippen molar-refractivity contribution in [1.82, 2.24) is 9.55 Å². The van der Waals surface area contributed by atoms with Gasteiger partial charge >= 0.3 is 11.3 Å². The standard InChI is InChI=1S/C13H13BrN2O4/c1-6(14)8-4-9(17)20-11-10(8)12(18)16(13(19)15-11)5-7-2-3-7/h4,6-7H,2-3,5H2,1H3,(H,15,19)/t6-/m1/s1. The molecular formula is C13H13BrN2O4. The summed E-state index contributed by atoms with van der Waals surface area (Å²) in [5.74, 6) is 0.395.